The van der Waals surface area contributed by atoms with Gasteiger partial charge in [0.25, 0.3) is 5.56 Å². The quantitative estimate of drug-likeness (QED) is 0.438. The van der Waals surface area contributed by atoms with Crippen LogP contribution in [-0.4, -0.2) is 15.0 Å². The van der Waals surface area contributed by atoms with Crippen LogP contribution >= 0.6 is 30.3 Å². The van der Waals surface area contributed by atoms with E-state index in [-0.39, 0.29) is 48.5 Å². The standard InChI is InChI=1S/C5H5N5O.2C5H5.3ClH.Cu.Hf/c6-5-9-3-2(4(11)10-5)7-1-8-3;2*1-2-4-5-3-1;;;;;/h1H,(H4,6,7,8,9,10,11);2*1-5H;3*1H;;/q;;;;;;+2;+4/p-4. The molecule has 0 saturated heterocycles. The van der Waals surface area contributed by atoms with Crippen molar-refractivity contribution in [3.63, 3.8) is 0 Å². The number of imidazole rings is 1. The molecular weight excluding hydrogens is 615 g/mol. The summed E-state index contributed by atoms with van der Waals surface area (Å²) in [5.74, 6) is 0.0583. The number of nitrogens with zero attached hydrogens (tertiary/aromatic N) is 3. The molecule has 3 N–H and O–H groups in total. The molecule has 2 fully saturated rings. The van der Waals surface area contributed by atoms with E-state index in [1.807, 2.05) is 64.2 Å². The van der Waals surface area contributed by atoms with Crippen molar-refractivity contribution in [3.05, 3.63) is 80.9 Å². The SMILES string of the molecule is Nc1nc2nc[n-]c2c(=O)[nH]1.[CH]1[CH][CH][CH][CH]1.[CH]1[CH][CH][CH][CH]1.[Cl][Cu-]([Cl])[Cl].[Hf+4]. The molecule has 2 aliphatic rings. The molecule has 0 aliphatic heterocycles. The zero-order chi connectivity index (χ0) is 18.5. The first kappa shape index (κ1) is 26.4. The second-order valence-electron chi connectivity index (χ2n) is 4.05. The van der Waals surface area contributed by atoms with Gasteiger partial charge in [0.05, 0.1) is 5.65 Å². The van der Waals surface area contributed by atoms with Crippen LogP contribution in [0.15, 0.2) is 11.1 Å². The van der Waals surface area contributed by atoms with E-state index in [2.05, 4.69) is 19.9 Å². The van der Waals surface area contributed by atoms with Crippen molar-refractivity contribution in [1.82, 2.24) is 19.9 Å². The molecule has 26 heavy (non-hydrogen) atoms. The van der Waals surface area contributed by atoms with E-state index in [1.54, 1.807) is 0 Å². The monoisotopic (exact) mass is 628 g/mol. The van der Waals surface area contributed by atoms with Gasteiger partial charge in [-0.1, -0.05) is 6.33 Å². The Labute approximate surface area is 189 Å². The predicted molar refractivity (Wildman–Crippen MR) is 98.5 cm³/mol. The van der Waals surface area contributed by atoms with Gasteiger partial charge in [-0.2, -0.15) is 0 Å². The Morgan fingerprint density at radius 2 is 1.31 bits per heavy atom. The molecule has 0 bridgehead atoms. The smallest absolute Gasteiger partial charge is 4.00 e. The molecule has 0 amide bonds. The first-order valence-corrected chi connectivity index (χ1v) is 10.5. The third-order valence-electron chi connectivity index (χ3n) is 2.37. The average Bonchev–Trinajstić information content (AvgIpc) is 3.32. The third kappa shape index (κ3) is 12.7. The molecule has 2 saturated carbocycles. The van der Waals surface area contributed by atoms with Gasteiger partial charge < -0.3 is 15.7 Å². The summed E-state index contributed by atoms with van der Waals surface area (Å²) in [6.45, 7) is 0. The van der Waals surface area contributed by atoms with Crippen LogP contribution in [0.25, 0.3) is 11.2 Å². The van der Waals surface area contributed by atoms with Gasteiger partial charge in [-0.3, -0.25) is 9.78 Å². The normalized spacial score (nSPS) is 15.4. The number of nitrogens with one attached hydrogen (secondary N) is 1. The summed E-state index contributed by atoms with van der Waals surface area (Å²) in [6, 6.07) is 0. The Kier molecular flexibility index (Phi) is 16.6. The second-order valence-corrected chi connectivity index (χ2v) is 8.72. The van der Waals surface area contributed by atoms with Crippen LogP contribution in [0.3, 0.4) is 0 Å². The van der Waals surface area contributed by atoms with Crippen LogP contribution in [-0.2, 0) is 37.0 Å². The maximum atomic E-state index is 11.0. The van der Waals surface area contributed by atoms with E-state index >= 15 is 0 Å². The molecule has 0 unspecified atom stereocenters. The Bertz CT molecular complexity index is 620. The number of nitrogen functional groups attached to an aromatic ring is 1. The number of aromatic nitrogens is 4. The van der Waals surface area contributed by atoms with Crippen molar-refractivity contribution in [1.29, 1.82) is 0 Å². The Morgan fingerprint density at radius 1 is 0.923 bits per heavy atom. The zero-order valence-electron chi connectivity index (χ0n) is 13.1. The Hall–Kier alpha value is 0.410. The molecule has 0 spiro atoms. The van der Waals surface area contributed by atoms with Crippen LogP contribution < -0.4 is 16.3 Å². The molecule has 0 atom stereocenters. The summed E-state index contributed by atoms with van der Waals surface area (Å²) in [5.41, 5.74) is 5.40. The van der Waals surface area contributed by atoms with E-state index in [1.165, 1.54) is 6.33 Å². The molecular formula is C15H14Cl3CuHfN5O+2. The van der Waals surface area contributed by atoms with Crippen molar-refractivity contribution in [2.45, 2.75) is 0 Å². The van der Waals surface area contributed by atoms with Gasteiger partial charge in [-0.25, -0.2) is 4.98 Å². The van der Waals surface area contributed by atoms with E-state index in [0.29, 0.717) is 0 Å². The fraction of sp³-hybridized carbons (Fsp3) is 0. The summed E-state index contributed by atoms with van der Waals surface area (Å²) in [6.07, 6.45) is 21.3. The number of rotatable bonds is 0. The molecule has 2 aromatic heterocycles. The van der Waals surface area contributed by atoms with Crippen molar-refractivity contribution in [2.75, 3.05) is 5.73 Å². The first-order chi connectivity index (χ1) is 12.0. The predicted octanol–water partition coefficient (Wildman–Crippen LogP) is 2.96. The van der Waals surface area contributed by atoms with E-state index in [0.717, 1.165) is 0 Å². The van der Waals surface area contributed by atoms with Crippen LogP contribution in [0, 0.1) is 64.2 Å². The van der Waals surface area contributed by atoms with Gasteiger partial charge in [-0.15, -0.1) is 0 Å². The fourth-order valence-corrected chi connectivity index (χ4v) is 1.46. The summed E-state index contributed by atoms with van der Waals surface area (Å²) in [7, 11) is 14.5. The molecule has 4 rings (SSSR count). The number of hydrogen-bond acceptors (Lipinski definition) is 4. The topological polar surface area (TPSA) is 98.8 Å². The van der Waals surface area contributed by atoms with Crippen molar-refractivity contribution in [2.24, 2.45) is 0 Å². The second kappa shape index (κ2) is 16.4. The first-order valence-electron chi connectivity index (χ1n) is 6.58. The van der Waals surface area contributed by atoms with Crippen LogP contribution in [0.5, 0.6) is 0 Å². The number of anilines is 1. The maximum Gasteiger partial charge on any atom is 4.00 e. The van der Waals surface area contributed by atoms with Gasteiger partial charge in [0, 0.05) is 5.52 Å². The van der Waals surface area contributed by atoms with E-state index in [9.17, 15) is 4.79 Å². The number of H-pyrrole nitrogens is 1. The minimum atomic E-state index is -0.896. The molecule has 6 nitrogen and oxygen atoms in total. The van der Waals surface area contributed by atoms with Crippen molar-refractivity contribution >= 4 is 47.4 Å². The molecule has 10 radical (unpaired) electrons. The van der Waals surface area contributed by atoms with E-state index < -0.39 is 11.2 Å². The van der Waals surface area contributed by atoms with Gasteiger partial charge in [0.1, 0.15) is 0 Å². The fourth-order valence-electron chi connectivity index (χ4n) is 1.46. The zero-order valence-corrected chi connectivity index (χ0v) is 19.9. The van der Waals surface area contributed by atoms with E-state index in [4.69, 9.17) is 36.0 Å². The average molecular weight is 629 g/mol. The van der Waals surface area contributed by atoms with Crippen LogP contribution in [0.2, 0.25) is 0 Å². The molecule has 2 aromatic rings. The van der Waals surface area contributed by atoms with Crippen LogP contribution in [0.4, 0.5) is 5.95 Å². The summed E-state index contributed by atoms with van der Waals surface area (Å²) < 4.78 is 0. The molecule has 2 aliphatic carbocycles. The minimum Gasteiger partial charge on any atom is 4.00 e. The van der Waals surface area contributed by atoms with Gasteiger partial charge in [-0.05, 0) is 64.2 Å². The number of fused-ring (bicyclic) bond motifs is 1. The number of aromatic amines is 1. The van der Waals surface area contributed by atoms with Crippen molar-refractivity contribution in [3.8, 4) is 0 Å². The maximum absolute atomic E-state index is 11.0. The molecule has 0 aromatic carbocycles. The summed E-state index contributed by atoms with van der Waals surface area (Å²) >= 11 is -0.896. The number of hydrogen-bond donors (Lipinski definition) is 2. The Morgan fingerprint density at radius 3 is 1.69 bits per heavy atom. The summed E-state index contributed by atoms with van der Waals surface area (Å²) in [4.78, 5) is 24.4. The van der Waals surface area contributed by atoms with Gasteiger partial charge in [0.2, 0.25) is 5.95 Å². The van der Waals surface area contributed by atoms with Gasteiger partial charge >= 0.3 is 67.3 Å². The largest absolute Gasteiger partial charge is 4.00 e. The molecule has 2 heterocycles. The van der Waals surface area contributed by atoms with Gasteiger partial charge in [0.15, 0.2) is 0 Å². The Balaban J connectivity index is 0.000000353. The minimum absolute atomic E-state index is 0. The molecule has 139 valence electrons. The van der Waals surface area contributed by atoms with Crippen LogP contribution in [0.1, 0.15) is 0 Å². The molecule has 11 heteroatoms. The third-order valence-corrected chi connectivity index (χ3v) is 2.37. The van der Waals surface area contributed by atoms with Crippen molar-refractivity contribution < 1.29 is 37.0 Å². The summed E-state index contributed by atoms with van der Waals surface area (Å²) in [5, 5.41) is 0. The number of nitrogens with two attached hydrogens (primary N) is 1. The number of halogens is 3.